The van der Waals surface area contributed by atoms with E-state index in [1.54, 1.807) is 12.3 Å². The Morgan fingerprint density at radius 1 is 0.947 bits per heavy atom. The van der Waals surface area contributed by atoms with Gasteiger partial charge in [0.25, 0.3) is 5.91 Å². The summed E-state index contributed by atoms with van der Waals surface area (Å²) in [6.45, 7) is 4.10. The number of ether oxygens (including phenoxy) is 1. The molecule has 2 aromatic carbocycles. The average Bonchev–Trinajstić information content (AvgIpc) is 3.44. The van der Waals surface area contributed by atoms with Crippen molar-refractivity contribution in [3.63, 3.8) is 0 Å². The monoisotopic (exact) mass is 536 g/mol. The van der Waals surface area contributed by atoms with Gasteiger partial charge in [0.15, 0.2) is 5.78 Å². The highest BCUT2D eigenvalue weighted by atomic mass is 32.2. The van der Waals surface area contributed by atoms with E-state index in [4.69, 9.17) is 9.15 Å². The van der Waals surface area contributed by atoms with E-state index in [2.05, 4.69) is 5.43 Å². The lowest BCUT2D eigenvalue weighted by molar-refractivity contribution is -0.149. The fourth-order valence-corrected chi connectivity index (χ4v) is 4.64. The molecule has 0 saturated heterocycles. The van der Waals surface area contributed by atoms with Crippen molar-refractivity contribution in [2.45, 2.75) is 51.5 Å². The van der Waals surface area contributed by atoms with E-state index >= 15 is 0 Å². The SMILES string of the molecule is CC(C)CCC(=O)N(NC(=O)COCc1ccccc1)C(Cc1ccccc1)C(=O)CSCc1ccco1. The van der Waals surface area contributed by atoms with E-state index in [0.29, 0.717) is 24.5 Å². The van der Waals surface area contributed by atoms with Gasteiger partial charge >= 0.3 is 0 Å². The van der Waals surface area contributed by atoms with Gasteiger partial charge in [-0.15, -0.1) is 11.8 Å². The van der Waals surface area contributed by atoms with Gasteiger partial charge in [0.05, 0.1) is 24.4 Å². The van der Waals surface area contributed by atoms with E-state index in [-0.39, 0.29) is 37.1 Å². The van der Waals surface area contributed by atoms with E-state index in [1.807, 2.05) is 80.6 Å². The number of furan rings is 1. The molecule has 3 rings (SSSR count). The summed E-state index contributed by atoms with van der Waals surface area (Å²) in [5.41, 5.74) is 4.54. The molecule has 0 aliphatic rings. The van der Waals surface area contributed by atoms with Crippen LogP contribution >= 0.6 is 11.8 Å². The second kappa shape index (κ2) is 15.8. The lowest BCUT2D eigenvalue weighted by Gasteiger charge is -2.31. The van der Waals surface area contributed by atoms with Crippen LogP contribution in [0.1, 0.15) is 43.6 Å². The third-order valence-electron chi connectivity index (χ3n) is 5.82. The van der Waals surface area contributed by atoms with E-state index in [9.17, 15) is 14.4 Å². The predicted octanol–water partition coefficient (Wildman–Crippen LogP) is 5.21. The molecular weight excluding hydrogens is 500 g/mol. The van der Waals surface area contributed by atoms with Crippen molar-refractivity contribution < 1.29 is 23.5 Å². The van der Waals surface area contributed by atoms with Crippen LogP contribution in [0.2, 0.25) is 0 Å². The first-order valence-electron chi connectivity index (χ1n) is 12.8. The first kappa shape index (κ1) is 29.2. The highest BCUT2D eigenvalue weighted by molar-refractivity contribution is 7.99. The van der Waals surface area contributed by atoms with Gasteiger partial charge in [0.1, 0.15) is 18.4 Å². The Balaban J connectivity index is 1.73. The summed E-state index contributed by atoms with van der Waals surface area (Å²) in [7, 11) is 0. The number of carbonyl (C=O) groups excluding carboxylic acids is 3. The molecule has 8 heteroatoms. The zero-order valence-electron chi connectivity index (χ0n) is 22.0. The Kier molecular flexibility index (Phi) is 12.1. The molecule has 0 aliphatic carbocycles. The zero-order chi connectivity index (χ0) is 27.2. The van der Waals surface area contributed by atoms with Crippen molar-refractivity contribution >= 4 is 29.4 Å². The molecule has 0 aliphatic heterocycles. The zero-order valence-corrected chi connectivity index (χ0v) is 22.8. The van der Waals surface area contributed by atoms with Crippen molar-refractivity contribution in [3.05, 3.63) is 95.9 Å². The number of hydrazine groups is 1. The summed E-state index contributed by atoms with van der Waals surface area (Å²) in [5.74, 6) is 0.876. The van der Waals surface area contributed by atoms with Gasteiger partial charge in [-0.3, -0.25) is 19.8 Å². The summed E-state index contributed by atoms with van der Waals surface area (Å²) in [6.07, 6.45) is 2.76. The van der Waals surface area contributed by atoms with E-state index in [1.165, 1.54) is 16.8 Å². The molecule has 0 bridgehead atoms. The summed E-state index contributed by atoms with van der Waals surface area (Å²) >= 11 is 1.42. The number of benzene rings is 2. The van der Waals surface area contributed by atoms with Gasteiger partial charge in [0.2, 0.25) is 5.91 Å². The van der Waals surface area contributed by atoms with Crippen molar-refractivity contribution in [2.75, 3.05) is 12.4 Å². The number of Topliss-reactive ketones (excluding diaryl/α,β-unsaturated/α-hetero) is 1. The molecule has 0 spiro atoms. The largest absolute Gasteiger partial charge is 0.468 e. The minimum atomic E-state index is -0.848. The minimum absolute atomic E-state index is 0.145. The fourth-order valence-electron chi connectivity index (χ4n) is 3.78. The summed E-state index contributed by atoms with van der Waals surface area (Å²) in [6, 6.07) is 21.9. The van der Waals surface area contributed by atoms with Crippen molar-refractivity contribution in [1.29, 1.82) is 0 Å². The summed E-state index contributed by atoms with van der Waals surface area (Å²) in [4.78, 5) is 39.8. The number of carbonyl (C=O) groups is 3. The molecule has 2 amide bonds. The summed E-state index contributed by atoms with van der Waals surface area (Å²) < 4.78 is 10.9. The van der Waals surface area contributed by atoms with Crippen LogP contribution in [0.5, 0.6) is 0 Å². The lowest BCUT2D eigenvalue weighted by Crippen LogP contribution is -2.56. The fraction of sp³-hybridized carbons (Fsp3) is 0.367. The molecule has 1 heterocycles. The maximum Gasteiger partial charge on any atom is 0.264 e. The van der Waals surface area contributed by atoms with E-state index in [0.717, 1.165) is 16.9 Å². The summed E-state index contributed by atoms with van der Waals surface area (Å²) in [5, 5.41) is 1.24. The van der Waals surface area contributed by atoms with Crippen molar-refractivity contribution in [3.8, 4) is 0 Å². The van der Waals surface area contributed by atoms with Gasteiger partial charge < -0.3 is 9.15 Å². The molecule has 3 aromatic rings. The highest BCUT2D eigenvalue weighted by Crippen LogP contribution is 2.18. The first-order chi connectivity index (χ1) is 18.4. The lowest BCUT2D eigenvalue weighted by atomic mass is 10.0. The average molecular weight is 537 g/mol. The van der Waals surface area contributed by atoms with Crippen LogP contribution in [0.25, 0.3) is 0 Å². The van der Waals surface area contributed by atoms with Crippen LogP contribution in [0.4, 0.5) is 0 Å². The number of ketones is 1. The van der Waals surface area contributed by atoms with Gasteiger partial charge in [-0.05, 0) is 35.6 Å². The molecule has 202 valence electrons. The molecule has 38 heavy (non-hydrogen) atoms. The van der Waals surface area contributed by atoms with Crippen LogP contribution in [0.15, 0.2) is 83.5 Å². The third kappa shape index (κ3) is 10.2. The topological polar surface area (TPSA) is 88.9 Å². The molecular formula is C30H36N2O5S. The highest BCUT2D eigenvalue weighted by Gasteiger charge is 2.31. The number of nitrogens with zero attached hydrogens (tertiary/aromatic N) is 1. The van der Waals surface area contributed by atoms with Crippen LogP contribution in [0, 0.1) is 5.92 Å². The predicted molar refractivity (Wildman–Crippen MR) is 149 cm³/mol. The Bertz CT molecular complexity index is 1120. The number of thioether (sulfide) groups is 1. The van der Waals surface area contributed by atoms with Gasteiger partial charge in [-0.2, -0.15) is 0 Å². The Morgan fingerprint density at radius 3 is 2.26 bits per heavy atom. The molecule has 1 aromatic heterocycles. The molecule has 1 atom stereocenters. The van der Waals surface area contributed by atoms with Crippen LogP contribution < -0.4 is 5.43 Å². The second-order valence-electron chi connectivity index (χ2n) is 9.45. The Labute approximate surface area is 228 Å². The van der Waals surface area contributed by atoms with Crippen molar-refractivity contribution in [1.82, 2.24) is 10.4 Å². The van der Waals surface area contributed by atoms with Crippen LogP contribution in [-0.2, 0) is 37.9 Å². The number of hydrogen-bond acceptors (Lipinski definition) is 6. The van der Waals surface area contributed by atoms with Gasteiger partial charge in [-0.25, -0.2) is 5.01 Å². The van der Waals surface area contributed by atoms with Crippen LogP contribution in [-0.4, -0.2) is 41.0 Å². The maximum atomic E-state index is 13.5. The minimum Gasteiger partial charge on any atom is -0.468 e. The molecule has 1 N–H and O–H groups in total. The van der Waals surface area contributed by atoms with Gasteiger partial charge in [0, 0.05) is 12.8 Å². The number of rotatable bonds is 15. The first-order valence-corrected chi connectivity index (χ1v) is 14.0. The van der Waals surface area contributed by atoms with Crippen LogP contribution in [0.3, 0.4) is 0 Å². The quantitative estimate of drug-likeness (QED) is 0.269. The number of amides is 2. The normalized spacial score (nSPS) is 11.8. The Hall–Kier alpha value is -3.36. The molecule has 7 nitrogen and oxygen atoms in total. The molecule has 1 unspecified atom stereocenters. The molecule has 0 fully saturated rings. The number of nitrogens with one attached hydrogen (secondary N) is 1. The maximum absolute atomic E-state index is 13.5. The molecule has 0 radical (unpaired) electrons. The molecule has 0 saturated carbocycles. The van der Waals surface area contributed by atoms with Crippen molar-refractivity contribution in [2.24, 2.45) is 5.92 Å². The Morgan fingerprint density at radius 2 is 1.63 bits per heavy atom. The number of hydrogen-bond donors (Lipinski definition) is 1. The van der Waals surface area contributed by atoms with E-state index < -0.39 is 11.9 Å². The second-order valence-corrected chi connectivity index (χ2v) is 10.4. The third-order valence-corrected chi connectivity index (χ3v) is 6.80. The smallest absolute Gasteiger partial charge is 0.264 e. The standard InChI is InChI=1S/C30H36N2O5S/c1-23(2)15-16-30(35)32(31-29(34)20-36-19-25-12-7-4-8-13-25)27(18-24-10-5-3-6-11-24)28(33)22-38-21-26-14-9-17-37-26/h3-14,17,23,27H,15-16,18-22H2,1-2H3,(H,31,34). The van der Waals surface area contributed by atoms with Gasteiger partial charge in [-0.1, -0.05) is 74.5 Å².